The van der Waals surface area contributed by atoms with Crippen LogP contribution < -0.4 is 5.73 Å². The summed E-state index contributed by atoms with van der Waals surface area (Å²) in [6.45, 7) is 0. The highest BCUT2D eigenvalue weighted by Crippen LogP contribution is 2.25. The van der Waals surface area contributed by atoms with E-state index in [-0.39, 0.29) is 11.7 Å². The van der Waals surface area contributed by atoms with Crippen LogP contribution in [0.25, 0.3) is 0 Å². The Bertz CT molecular complexity index is 552. The van der Waals surface area contributed by atoms with Crippen LogP contribution in [0.4, 0.5) is 4.39 Å². The fourth-order valence-electron chi connectivity index (χ4n) is 1.99. The minimum atomic E-state index is -0.280. The Kier molecular flexibility index (Phi) is 4.13. The Morgan fingerprint density at radius 1 is 1.05 bits per heavy atom. The summed E-state index contributed by atoms with van der Waals surface area (Å²) in [5.74, 6) is -0.195. The summed E-state index contributed by atoms with van der Waals surface area (Å²) >= 11 is 0. The van der Waals surface area contributed by atoms with Gasteiger partial charge < -0.3 is 10.6 Å². The van der Waals surface area contributed by atoms with Gasteiger partial charge in [-0.1, -0.05) is 47.6 Å². The lowest BCUT2D eigenvalue weighted by Crippen LogP contribution is -2.23. The zero-order chi connectivity index (χ0) is 13.7. The Labute approximate surface area is 111 Å². The Balaban J connectivity index is 2.46. The van der Waals surface area contributed by atoms with Crippen LogP contribution in [-0.2, 0) is 4.84 Å². The highest BCUT2D eigenvalue weighted by Gasteiger charge is 2.18. The summed E-state index contributed by atoms with van der Waals surface area (Å²) in [7, 11) is 1.44. The van der Waals surface area contributed by atoms with Crippen molar-refractivity contribution in [1.82, 2.24) is 0 Å². The van der Waals surface area contributed by atoms with Crippen molar-refractivity contribution in [1.29, 1.82) is 0 Å². The highest BCUT2D eigenvalue weighted by molar-refractivity contribution is 5.90. The molecule has 0 saturated carbocycles. The number of halogens is 1. The van der Waals surface area contributed by atoms with E-state index in [2.05, 4.69) is 5.16 Å². The minimum absolute atomic E-state index is 0.248. The minimum Gasteiger partial charge on any atom is -0.398 e. The third kappa shape index (κ3) is 3.10. The molecular weight excluding hydrogens is 243 g/mol. The molecule has 2 rings (SSSR count). The first-order chi connectivity index (χ1) is 9.22. The van der Waals surface area contributed by atoms with Gasteiger partial charge >= 0.3 is 0 Å². The van der Waals surface area contributed by atoms with Gasteiger partial charge in [0.1, 0.15) is 12.9 Å². The normalized spacial score (nSPS) is 13.1. The van der Waals surface area contributed by atoms with E-state index < -0.39 is 0 Å². The first-order valence-electron chi connectivity index (χ1n) is 5.89. The van der Waals surface area contributed by atoms with Crippen LogP contribution in [0, 0.1) is 5.82 Å². The van der Waals surface area contributed by atoms with Crippen molar-refractivity contribution in [2.45, 2.75) is 5.92 Å². The summed E-state index contributed by atoms with van der Waals surface area (Å²) in [4.78, 5) is 4.74. The molecule has 0 bridgehead atoms. The quantitative estimate of drug-likeness (QED) is 0.520. The molecule has 0 amide bonds. The first kappa shape index (κ1) is 13.1. The maximum absolute atomic E-state index is 13.0. The molecule has 1 unspecified atom stereocenters. The van der Waals surface area contributed by atoms with Gasteiger partial charge in [0.15, 0.2) is 5.84 Å². The van der Waals surface area contributed by atoms with Crippen LogP contribution >= 0.6 is 0 Å². The second-order valence-corrected chi connectivity index (χ2v) is 4.09. The number of nitrogens with two attached hydrogens (primary N) is 1. The van der Waals surface area contributed by atoms with Crippen molar-refractivity contribution in [3.05, 3.63) is 71.5 Å². The smallest absolute Gasteiger partial charge is 0.151 e. The van der Waals surface area contributed by atoms with Gasteiger partial charge in [-0.05, 0) is 23.3 Å². The van der Waals surface area contributed by atoms with Crippen LogP contribution in [0.5, 0.6) is 0 Å². The number of nitrogens with zero attached hydrogens (tertiary/aromatic N) is 1. The Morgan fingerprint density at radius 3 is 2.21 bits per heavy atom. The SMILES string of the molecule is CON=C(N)C(c1ccccc1)c1ccc(F)cc1. The lowest BCUT2D eigenvalue weighted by molar-refractivity contribution is 0.212. The molecule has 2 aromatic rings. The van der Waals surface area contributed by atoms with E-state index in [0.717, 1.165) is 11.1 Å². The number of hydrogen-bond acceptors (Lipinski definition) is 2. The average Bonchev–Trinajstić information content (AvgIpc) is 2.43. The standard InChI is InChI=1S/C15H15FN2O/c1-19-18-15(17)14(11-5-3-2-4-6-11)12-7-9-13(16)10-8-12/h2-10,14H,1H3,(H2,17,18). The van der Waals surface area contributed by atoms with E-state index in [1.807, 2.05) is 30.3 Å². The number of amidine groups is 1. The van der Waals surface area contributed by atoms with E-state index in [9.17, 15) is 4.39 Å². The van der Waals surface area contributed by atoms with Gasteiger partial charge in [-0.3, -0.25) is 0 Å². The number of oxime groups is 1. The molecule has 0 heterocycles. The summed E-state index contributed by atoms with van der Waals surface area (Å²) in [5.41, 5.74) is 7.81. The predicted molar refractivity (Wildman–Crippen MR) is 73.3 cm³/mol. The lowest BCUT2D eigenvalue weighted by atomic mass is 9.90. The molecule has 19 heavy (non-hydrogen) atoms. The fraction of sp³-hybridized carbons (Fsp3) is 0.133. The maximum Gasteiger partial charge on any atom is 0.151 e. The van der Waals surface area contributed by atoms with Crippen LogP contribution in [0.2, 0.25) is 0 Å². The van der Waals surface area contributed by atoms with Crippen molar-refractivity contribution >= 4 is 5.84 Å². The van der Waals surface area contributed by atoms with Gasteiger partial charge in [0, 0.05) is 0 Å². The molecule has 0 aliphatic carbocycles. The molecule has 4 heteroatoms. The van der Waals surface area contributed by atoms with Gasteiger partial charge in [-0.25, -0.2) is 4.39 Å². The van der Waals surface area contributed by atoms with Crippen LogP contribution in [0.3, 0.4) is 0 Å². The number of rotatable bonds is 4. The third-order valence-corrected chi connectivity index (χ3v) is 2.83. The molecule has 0 saturated heterocycles. The molecule has 3 nitrogen and oxygen atoms in total. The molecule has 98 valence electrons. The van der Waals surface area contributed by atoms with E-state index in [1.165, 1.54) is 19.2 Å². The zero-order valence-corrected chi connectivity index (χ0v) is 10.6. The summed E-state index contributed by atoms with van der Waals surface area (Å²) < 4.78 is 13.0. The summed E-state index contributed by atoms with van der Waals surface area (Å²) in [6, 6.07) is 15.9. The van der Waals surface area contributed by atoms with Crippen molar-refractivity contribution in [3.8, 4) is 0 Å². The molecule has 0 fully saturated rings. The van der Waals surface area contributed by atoms with Gasteiger partial charge in [-0.2, -0.15) is 0 Å². The molecule has 0 spiro atoms. The second-order valence-electron chi connectivity index (χ2n) is 4.09. The topological polar surface area (TPSA) is 47.6 Å². The molecule has 1 atom stereocenters. The largest absolute Gasteiger partial charge is 0.398 e. The molecule has 2 N–H and O–H groups in total. The Hall–Kier alpha value is -2.36. The fourth-order valence-corrected chi connectivity index (χ4v) is 1.99. The molecule has 0 aromatic heterocycles. The van der Waals surface area contributed by atoms with Crippen molar-refractivity contribution in [2.24, 2.45) is 10.9 Å². The second kappa shape index (κ2) is 6.00. The predicted octanol–water partition coefficient (Wildman–Crippen LogP) is 2.88. The first-order valence-corrected chi connectivity index (χ1v) is 5.89. The molecule has 0 aliphatic rings. The Morgan fingerprint density at radius 2 is 1.63 bits per heavy atom. The molecule has 0 radical (unpaired) electrons. The van der Waals surface area contributed by atoms with Crippen LogP contribution in [0.1, 0.15) is 17.0 Å². The number of benzene rings is 2. The molecular formula is C15H15FN2O. The third-order valence-electron chi connectivity index (χ3n) is 2.83. The van der Waals surface area contributed by atoms with Crippen molar-refractivity contribution in [2.75, 3.05) is 7.11 Å². The summed E-state index contributed by atoms with van der Waals surface area (Å²) in [6.07, 6.45) is 0. The van der Waals surface area contributed by atoms with Crippen LogP contribution in [0.15, 0.2) is 59.8 Å². The van der Waals surface area contributed by atoms with Crippen molar-refractivity contribution < 1.29 is 9.23 Å². The molecule has 0 aliphatic heterocycles. The zero-order valence-electron chi connectivity index (χ0n) is 10.6. The van der Waals surface area contributed by atoms with E-state index >= 15 is 0 Å². The maximum atomic E-state index is 13.0. The van der Waals surface area contributed by atoms with Crippen LogP contribution in [-0.4, -0.2) is 12.9 Å². The monoisotopic (exact) mass is 258 g/mol. The highest BCUT2D eigenvalue weighted by atomic mass is 19.1. The average molecular weight is 258 g/mol. The lowest BCUT2D eigenvalue weighted by Gasteiger charge is -2.16. The van der Waals surface area contributed by atoms with E-state index in [4.69, 9.17) is 10.6 Å². The van der Waals surface area contributed by atoms with Gasteiger partial charge in [0.25, 0.3) is 0 Å². The van der Waals surface area contributed by atoms with Gasteiger partial charge in [-0.15, -0.1) is 0 Å². The number of hydrogen-bond donors (Lipinski definition) is 1. The summed E-state index contributed by atoms with van der Waals surface area (Å²) in [5, 5.41) is 3.80. The van der Waals surface area contributed by atoms with E-state index in [1.54, 1.807) is 12.1 Å². The van der Waals surface area contributed by atoms with Gasteiger partial charge in [0.2, 0.25) is 0 Å². The van der Waals surface area contributed by atoms with Gasteiger partial charge in [0.05, 0.1) is 5.92 Å². The van der Waals surface area contributed by atoms with Crippen molar-refractivity contribution in [3.63, 3.8) is 0 Å². The van der Waals surface area contributed by atoms with E-state index in [0.29, 0.717) is 5.84 Å². The molecule has 2 aromatic carbocycles.